The fourth-order valence-corrected chi connectivity index (χ4v) is 4.53. The van der Waals surface area contributed by atoms with E-state index in [4.69, 9.17) is 0 Å². The number of phenolic OH excluding ortho intramolecular Hbond substituents is 1. The molecule has 2 heterocycles. The van der Waals surface area contributed by atoms with E-state index in [1.165, 1.54) is 23.9 Å². The molecule has 5 N–H and O–H groups in total. The van der Waals surface area contributed by atoms with Crippen LogP contribution in [0.25, 0.3) is 0 Å². The fourth-order valence-electron chi connectivity index (χ4n) is 3.04. The van der Waals surface area contributed by atoms with Crippen LogP contribution in [0.15, 0.2) is 24.3 Å². The van der Waals surface area contributed by atoms with E-state index in [2.05, 4.69) is 16.0 Å². The van der Waals surface area contributed by atoms with Crippen molar-refractivity contribution in [1.82, 2.24) is 16.0 Å². The van der Waals surface area contributed by atoms with Gasteiger partial charge in [-0.1, -0.05) is 12.1 Å². The molecular weight excluding hydrogens is 346 g/mol. The molecule has 0 bridgehead atoms. The van der Waals surface area contributed by atoms with E-state index >= 15 is 0 Å². The van der Waals surface area contributed by atoms with Crippen LogP contribution in [-0.4, -0.2) is 50.2 Å². The van der Waals surface area contributed by atoms with Crippen LogP contribution >= 0.6 is 11.8 Å². The number of carbonyl (C=O) groups is 3. The lowest BCUT2D eigenvalue weighted by molar-refractivity contribution is -0.140. The number of carbonyl (C=O) groups excluding carboxylic acids is 2. The van der Waals surface area contributed by atoms with Gasteiger partial charge < -0.3 is 20.8 Å². The largest absolute Gasteiger partial charge is 0.508 e. The van der Waals surface area contributed by atoms with Gasteiger partial charge in [0, 0.05) is 4.75 Å². The summed E-state index contributed by atoms with van der Waals surface area (Å²) >= 11 is 1.32. The Morgan fingerprint density at radius 1 is 1.12 bits per heavy atom. The molecule has 25 heavy (non-hydrogen) atoms. The predicted octanol–water partition coefficient (Wildman–Crippen LogP) is -0.0578. The normalized spacial score (nSPS) is 31.3. The van der Waals surface area contributed by atoms with Crippen molar-refractivity contribution >= 4 is 29.5 Å². The lowest BCUT2D eigenvalue weighted by Crippen LogP contribution is -2.63. The Balaban J connectivity index is 1.75. The molecule has 1 aromatic rings. The minimum atomic E-state index is -0.996. The quantitative estimate of drug-likeness (QED) is 0.508. The van der Waals surface area contributed by atoms with Crippen molar-refractivity contribution in [1.29, 1.82) is 0 Å². The Morgan fingerprint density at radius 2 is 1.76 bits per heavy atom. The molecule has 2 saturated heterocycles. The van der Waals surface area contributed by atoms with Crippen LogP contribution in [0.4, 0.5) is 0 Å². The average Bonchev–Trinajstić information content (AvgIpc) is 2.85. The number of carboxylic acid groups (broad SMARTS) is 1. The number of carboxylic acids is 1. The first-order chi connectivity index (χ1) is 11.7. The van der Waals surface area contributed by atoms with Crippen molar-refractivity contribution in [2.75, 3.05) is 0 Å². The zero-order chi connectivity index (χ0) is 18.4. The second-order valence-corrected chi connectivity index (χ2v) is 8.39. The van der Waals surface area contributed by atoms with Crippen molar-refractivity contribution in [2.45, 2.75) is 42.1 Å². The number of thioether (sulfide) groups is 1. The van der Waals surface area contributed by atoms with Crippen LogP contribution in [0.3, 0.4) is 0 Å². The van der Waals surface area contributed by atoms with Crippen LogP contribution in [0.5, 0.6) is 5.75 Å². The number of hydrogen-bond acceptors (Lipinski definition) is 6. The Kier molecular flexibility index (Phi) is 4.38. The highest BCUT2D eigenvalue weighted by Gasteiger charge is 2.50. The standard InChI is InChI=1S/C16H19N3O5S/c1-16(2)11(15(23)24)19-14(25-16)10-13(22)17-9(12(21)18-10)7-3-5-8(20)6-4-7/h3-6,9-11,14,19-20H,1-2H3,(H,17,22)(H,18,21)(H,23,24)/t9-,10+,11-,14-/m1/s1. The number of amides is 2. The molecule has 0 spiro atoms. The molecule has 4 atom stereocenters. The monoisotopic (exact) mass is 365 g/mol. The summed E-state index contributed by atoms with van der Waals surface area (Å²) < 4.78 is -0.616. The Bertz CT molecular complexity index is 721. The van der Waals surface area contributed by atoms with Gasteiger partial charge >= 0.3 is 5.97 Å². The minimum Gasteiger partial charge on any atom is -0.508 e. The number of rotatable bonds is 3. The number of phenols is 1. The van der Waals surface area contributed by atoms with E-state index in [9.17, 15) is 24.6 Å². The molecule has 0 radical (unpaired) electrons. The fraction of sp³-hybridized carbons (Fsp3) is 0.438. The van der Waals surface area contributed by atoms with Gasteiger partial charge in [0.1, 0.15) is 23.9 Å². The number of benzene rings is 1. The van der Waals surface area contributed by atoms with E-state index in [1.54, 1.807) is 26.0 Å². The van der Waals surface area contributed by atoms with E-state index in [0.29, 0.717) is 5.56 Å². The summed E-state index contributed by atoms with van der Waals surface area (Å²) in [6, 6.07) is 3.47. The number of nitrogens with one attached hydrogen (secondary N) is 3. The first kappa shape index (κ1) is 17.6. The summed E-state index contributed by atoms with van der Waals surface area (Å²) in [6.45, 7) is 3.57. The average molecular weight is 365 g/mol. The zero-order valence-corrected chi connectivity index (χ0v) is 14.5. The summed E-state index contributed by atoms with van der Waals surface area (Å²) in [6.07, 6.45) is 0. The second-order valence-electron chi connectivity index (χ2n) is 6.60. The van der Waals surface area contributed by atoms with Crippen molar-refractivity contribution in [3.8, 4) is 5.75 Å². The highest BCUT2D eigenvalue weighted by Crippen LogP contribution is 2.39. The van der Waals surface area contributed by atoms with Gasteiger partial charge in [-0.2, -0.15) is 0 Å². The minimum absolute atomic E-state index is 0.0673. The molecule has 0 unspecified atom stereocenters. The molecule has 1 aromatic carbocycles. The van der Waals surface area contributed by atoms with Gasteiger partial charge in [-0.3, -0.25) is 19.7 Å². The smallest absolute Gasteiger partial charge is 0.322 e. The summed E-state index contributed by atoms with van der Waals surface area (Å²) in [5, 5.41) is 26.4. The third-order valence-corrected chi connectivity index (χ3v) is 5.87. The molecule has 0 aliphatic carbocycles. The molecule has 8 nitrogen and oxygen atoms in total. The first-order valence-corrected chi connectivity index (χ1v) is 8.63. The van der Waals surface area contributed by atoms with Gasteiger partial charge in [0.05, 0.1) is 5.37 Å². The van der Waals surface area contributed by atoms with Crippen LogP contribution in [0.2, 0.25) is 0 Å². The predicted molar refractivity (Wildman–Crippen MR) is 90.9 cm³/mol. The topological polar surface area (TPSA) is 128 Å². The third kappa shape index (κ3) is 3.29. The van der Waals surface area contributed by atoms with Crippen LogP contribution < -0.4 is 16.0 Å². The van der Waals surface area contributed by atoms with E-state index in [0.717, 1.165) is 0 Å². The summed E-state index contributed by atoms with van der Waals surface area (Å²) in [7, 11) is 0. The van der Waals surface area contributed by atoms with Gasteiger partial charge in [-0.15, -0.1) is 11.8 Å². The van der Waals surface area contributed by atoms with Crippen LogP contribution in [-0.2, 0) is 14.4 Å². The maximum atomic E-state index is 12.5. The SMILES string of the molecule is CC1(C)S[C@H]([C@H]2NC(=O)[C@@H](c3ccc(O)cc3)NC2=O)N[C@@H]1C(=O)O. The van der Waals surface area contributed by atoms with E-state index in [-0.39, 0.29) is 17.6 Å². The molecule has 2 aliphatic rings. The van der Waals surface area contributed by atoms with Crippen molar-refractivity contribution in [3.63, 3.8) is 0 Å². The lowest BCUT2D eigenvalue weighted by atomic mass is 10.0. The number of aromatic hydroxyl groups is 1. The van der Waals surface area contributed by atoms with Gasteiger partial charge in [-0.05, 0) is 31.5 Å². The maximum Gasteiger partial charge on any atom is 0.322 e. The second kappa shape index (κ2) is 6.23. The number of hydrogen-bond donors (Lipinski definition) is 5. The number of aliphatic carboxylic acids is 1. The van der Waals surface area contributed by atoms with Gasteiger partial charge in [0.25, 0.3) is 0 Å². The molecule has 0 aromatic heterocycles. The Hall–Kier alpha value is -2.26. The van der Waals surface area contributed by atoms with Crippen LogP contribution in [0.1, 0.15) is 25.5 Å². The highest BCUT2D eigenvalue weighted by molar-refractivity contribution is 8.01. The highest BCUT2D eigenvalue weighted by atomic mass is 32.2. The lowest BCUT2D eigenvalue weighted by Gasteiger charge is -2.32. The van der Waals surface area contributed by atoms with Crippen molar-refractivity contribution < 1.29 is 24.6 Å². The van der Waals surface area contributed by atoms with Gasteiger partial charge in [0.15, 0.2) is 0 Å². The van der Waals surface area contributed by atoms with E-state index in [1.807, 2.05) is 0 Å². The molecule has 134 valence electrons. The molecule has 3 rings (SSSR count). The zero-order valence-electron chi connectivity index (χ0n) is 13.6. The Morgan fingerprint density at radius 3 is 2.32 bits per heavy atom. The van der Waals surface area contributed by atoms with Crippen LogP contribution in [0, 0.1) is 0 Å². The molecule has 2 amide bonds. The number of piperazine rings is 1. The van der Waals surface area contributed by atoms with Crippen molar-refractivity contribution in [2.24, 2.45) is 0 Å². The van der Waals surface area contributed by atoms with Crippen molar-refractivity contribution in [3.05, 3.63) is 29.8 Å². The summed E-state index contributed by atoms with van der Waals surface area (Å²) in [5.41, 5.74) is 0.554. The molecule has 0 saturated carbocycles. The first-order valence-electron chi connectivity index (χ1n) is 7.75. The van der Waals surface area contributed by atoms with E-state index < -0.39 is 34.2 Å². The molecule has 9 heteroatoms. The van der Waals surface area contributed by atoms with Gasteiger partial charge in [0.2, 0.25) is 11.8 Å². The molecule has 2 aliphatic heterocycles. The Labute approximate surface area is 148 Å². The van der Waals surface area contributed by atoms with Gasteiger partial charge in [-0.25, -0.2) is 0 Å². The summed E-state index contributed by atoms with van der Waals surface area (Å²) in [4.78, 5) is 36.3. The maximum absolute atomic E-state index is 12.5. The molecular formula is C16H19N3O5S. The molecule has 2 fully saturated rings. The summed E-state index contributed by atoms with van der Waals surface area (Å²) in [5.74, 6) is -1.69. The third-order valence-electron chi connectivity index (χ3n) is 4.36.